The third kappa shape index (κ3) is 4.87. The first-order chi connectivity index (χ1) is 11.4. The lowest BCUT2D eigenvalue weighted by molar-refractivity contribution is -0.132. The Labute approximate surface area is 155 Å². The number of amides is 1. The van der Waals surface area contributed by atoms with Gasteiger partial charge in [-0.3, -0.25) is 4.79 Å². The van der Waals surface area contributed by atoms with Crippen molar-refractivity contribution in [3.63, 3.8) is 0 Å². The summed E-state index contributed by atoms with van der Waals surface area (Å²) in [5.41, 5.74) is 0.912. The predicted octanol–water partition coefficient (Wildman–Crippen LogP) is 4.65. The number of unbranched alkanes of at least 4 members (excludes halogenated alkanes) is 1. The Morgan fingerprint density at radius 1 is 1.17 bits per heavy atom. The maximum absolute atomic E-state index is 12.7. The van der Waals surface area contributed by atoms with Crippen LogP contribution in [-0.2, 0) is 11.2 Å². The molecule has 0 heterocycles. The Bertz CT molecular complexity index is 564. The van der Waals surface area contributed by atoms with Gasteiger partial charge in [0.25, 0.3) is 0 Å². The van der Waals surface area contributed by atoms with Gasteiger partial charge in [0.15, 0.2) is 0 Å². The summed E-state index contributed by atoms with van der Waals surface area (Å²) >= 11 is 12.0. The van der Waals surface area contributed by atoms with Gasteiger partial charge in [-0.2, -0.15) is 0 Å². The highest BCUT2D eigenvalue weighted by Crippen LogP contribution is 2.28. The highest BCUT2D eigenvalue weighted by Gasteiger charge is 2.34. The van der Waals surface area contributed by atoms with Gasteiger partial charge >= 0.3 is 0 Å². The van der Waals surface area contributed by atoms with Gasteiger partial charge in [0.1, 0.15) is 0 Å². The molecule has 0 radical (unpaired) electrons. The zero-order chi connectivity index (χ0) is 17.7. The Morgan fingerprint density at radius 2 is 1.88 bits per heavy atom. The van der Waals surface area contributed by atoms with Crippen LogP contribution < -0.4 is 0 Å². The maximum Gasteiger partial charge on any atom is 0.227 e. The van der Waals surface area contributed by atoms with Crippen LogP contribution in [0.15, 0.2) is 18.2 Å². The third-order valence-corrected chi connectivity index (χ3v) is 5.84. The summed E-state index contributed by atoms with van der Waals surface area (Å²) in [7, 11) is 4.13. The summed E-state index contributed by atoms with van der Waals surface area (Å²) in [5, 5.41) is 1.03. The first-order valence-electron chi connectivity index (χ1n) is 8.83. The number of carbonyl (C=O) groups is 1. The molecule has 0 bridgehead atoms. The van der Waals surface area contributed by atoms with Crippen LogP contribution >= 0.6 is 23.2 Å². The van der Waals surface area contributed by atoms with E-state index < -0.39 is 0 Å². The van der Waals surface area contributed by atoms with E-state index in [9.17, 15) is 4.79 Å². The molecule has 0 N–H and O–H groups in total. The Kier molecular flexibility index (Phi) is 7.39. The van der Waals surface area contributed by atoms with E-state index in [1.54, 1.807) is 12.1 Å². The first-order valence-corrected chi connectivity index (χ1v) is 9.59. The number of rotatable bonds is 7. The number of halogens is 2. The summed E-state index contributed by atoms with van der Waals surface area (Å²) < 4.78 is 0. The summed E-state index contributed by atoms with van der Waals surface area (Å²) in [6, 6.07) is 6.19. The molecule has 5 heteroatoms. The van der Waals surface area contributed by atoms with Crippen LogP contribution in [0.5, 0.6) is 0 Å². The molecular weight excluding hydrogens is 343 g/mol. The molecule has 24 heavy (non-hydrogen) atoms. The quantitative estimate of drug-likeness (QED) is 0.697. The minimum Gasteiger partial charge on any atom is -0.341 e. The molecule has 134 valence electrons. The van der Waals surface area contributed by atoms with Crippen LogP contribution in [0.25, 0.3) is 0 Å². The van der Waals surface area contributed by atoms with E-state index in [4.69, 9.17) is 23.2 Å². The largest absolute Gasteiger partial charge is 0.341 e. The number of hydrogen-bond donors (Lipinski definition) is 0. The molecule has 3 nitrogen and oxygen atoms in total. The summed E-state index contributed by atoms with van der Waals surface area (Å²) in [6.07, 6.45) is 6.24. The van der Waals surface area contributed by atoms with Gasteiger partial charge in [-0.05, 0) is 57.0 Å². The zero-order valence-electron chi connectivity index (χ0n) is 14.9. The Hall–Kier alpha value is -0.770. The maximum atomic E-state index is 12.7. The zero-order valence-corrected chi connectivity index (χ0v) is 16.4. The van der Waals surface area contributed by atoms with Crippen LogP contribution in [0.2, 0.25) is 10.0 Å². The minimum absolute atomic E-state index is 0.147. The molecule has 2 atom stereocenters. The van der Waals surface area contributed by atoms with Crippen molar-refractivity contribution in [3.8, 4) is 0 Å². The average molecular weight is 371 g/mol. The number of carbonyl (C=O) groups excluding carboxylic acids is 1. The lowest BCUT2D eigenvalue weighted by atomic mass is 10.1. The Balaban J connectivity index is 1.99. The molecule has 0 spiro atoms. The van der Waals surface area contributed by atoms with Crippen molar-refractivity contribution in [1.82, 2.24) is 9.80 Å². The van der Waals surface area contributed by atoms with E-state index in [1.165, 1.54) is 25.7 Å². The molecule has 2 rings (SSSR count). The molecule has 1 aromatic carbocycles. The summed E-state index contributed by atoms with van der Waals surface area (Å²) in [6.45, 7) is 3.32. The van der Waals surface area contributed by atoms with Gasteiger partial charge in [0.05, 0.1) is 16.5 Å². The molecule has 0 aliphatic heterocycles. The summed E-state index contributed by atoms with van der Waals surface area (Å²) in [4.78, 5) is 17.1. The van der Waals surface area contributed by atoms with Gasteiger partial charge in [-0.1, -0.05) is 42.6 Å². The van der Waals surface area contributed by atoms with Crippen molar-refractivity contribution in [3.05, 3.63) is 33.8 Å². The molecular formula is C19H28Cl2N2O. The van der Waals surface area contributed by atoms with Gasteiger partial charge in [0, 0.05) is 19.1 Å². The van der Waals surface area contributed by atoms with Gasteiger partial charge in [0.2, 0.25) is 5.91 Å². The van der Waals surface area contributed by atoms with Crippen molar-refractivity contribution < 1.29 is 4.79 Å². The van der Waals surface area contributed by atoms with Crippen LogP contribution in [0.1, 0.15) is 44.6 Å². The predicted molar refractivity (Wildman–Crippen MR) is 102 cm³/mol. The van der Waals surface area contributed by atoms with Crippen LogP contribution in [0.4, 0.5) is 0 Å². The molecule has 2 unspecified atom stereocenters. The van der Waals surface area contributed by atoms with E-state index in [1.807, 2.05) is 18.0 Å². The highest BCUT2D eigenvalue weighted by atomic mass is 35.5. The molecule has 1 aromatic rings. The van der Waals surface area contributed by atoms with E-state index >= 15 is 0 Å². The average Bonchev–Trinajstić information content (AvgIpc) is 3.04. The van der Waals surface area contributed by atoms with E-state index in [0.717, 1.165) is 18.5 Å². The topological polar surface area (TPSA) is 23.6 Å². The molecule has 1 saturated carbocycles. The van der Waals surface area contributed by atoms with Gasteiger partial charge in [-0.15, -0.1) is 0 Å². The fraction of sp³-hybridized carbons (Fsp3) is 0.632. The molecule has 1 fully saturated rings. The van der Waals surface area contributed by atoms with Crippen molar-refractivity contribution in [2.24, 2.45) is 0 Å². The lowest BCUT2D eigenvalue weighted by Gasteiger charge is -2.35. The standard InChI is InChI=1S/C19H28Cl2N2O/c1-4-5-11-22(2)17-7-6-8-18(17)23(3)19(24)13-14-9-10-15(20)16(21)12-14/h9-10,12,17-18H,4-8,11,13H2,1-3H3. The van der Waals surface area contributed by atoms with E-state index in [0.29, 0.717) is 28.5 Å². The highest BCUT2D eigenvalue weighted by molar-refractivity contribution is 6.42. The third-order valence-electron chi connectivity index (χ3n) is 5.10. The normalized spacial score (nSPS) is 20.6. The van der Waals surface area contributed by atoms with Crippen molar-refractivity contribution >= 4 is 29.1 Å². The molecule has 0 saturated heterocycles. The number of benzene rings is 1. The molecule has 1 aliphatic carbocycles. The van der Waals surface area contributed by atoms with Crippen molar-refractivity contribution in [1.29, 1.82) is 0 Å². The molecule has 1 aliphatic rings. The first kappa shape index (κ1) is 19.6. The SMILES string of the molecule is CCCCN(C)C1CCCC1N(C)C(=O)Cc1ccc(Cl)c(Cl)c1. The van der Waals surface area contributed by atoms with Crippen molar-refractivity contribution in [2.75, 3.05) is 20.6 Å². The monoisotopic (exact) mass is 370 g/mol. The number of hydrogen-bond acceptors (Lipinski definition) is 2. The second kappa shape index (κ2) is 9.07. The smallest absolute Gasteiger partial charge is 0.227 e. The lowest BCUT2D eigenvalue weighted by Crippen LogP contribution is -2.48. The Morgan fingerprint density at radius 3 is 2.54 bits per heavy atom. The second-order valence-corrected chi connectivity index (χ2v) is 7.64. The van der Waals surface area contributed by atoms with Crippen molar-refractivity contribution in [2.45, 2.75) is 57.5 Å². The summed E-state index contributed by atoms with van der Waals surface area (Å²) in [5.74, 6) is 0.147. The molecule has 1 amide bonds. The number of likely N-dealkylation sites (N-methyl/N-ethyl adjacent to an activating group) is 2. The van der Waals surface area contributed by atoms with Crippen LogP contribution in [-0.4, -0.2) is 48.4 Å². The fourth-order valence-corrected chi connectivity index (χ4v) is 3.91. The molecule has 0 aromatic heterocycles. The van der Waals surface area contributed by atoms with Crippen LogP contribution in [0.3, 0.4) is 0 Å². The number of nitrogens with zero attached hydrogens (tertiary/aromatic N) is 2. The minimum atomic E-state index is 0.147. The van der Waals surface area contributed by atoms with Gasteiger partial charge < -0.3 is 9.80 Å². The van der Waals surface area contributed by atoms with Gasteiger partial charge in [-0.25, -0.2) is 0 Å². The fourth-order valence-electron chi connectivity index (χ4n) is 3.59. The van der Waals surface area contributed by atoms with Crippen LogP contribution in [0, 0.1) is 0 Å². The second-order valence-electron chi connectivity index (χ2n) is 6.83. The van der Waals surface area contributed by atoms with E-state index in [-0.39, 0.29) is 5.91 Å². The van der Waals surface area contributed by atoms with E-state index in [2.05, 4.69) is 18.9 Å².